The van der Waals surface area contributed by atoms with E-state index in [-0.39, 0.29) is 5.91 Å². The van der Waals surface area contributed by atoms with Crippen molar-refractivity contribution in [3.05, 3.63) is 0 Å². The zero-order chi connectivity index (χ0) is 14.6. The Kier molecular flexibility index (Phi) is 5.84. The van der Waals surface area contributed by atoms with Gasteiger partial charge in [-0.25, -0.2) is 0 Å². The largest absolute Gasteiger partial charge is 0.481 e. The molecule has 0 heterocycles. The van der Waals surface area contributed by atoms with Crippen molar-refractivity contribution in [3.8, 4) is 0 Å². The number of carbonyl (C=O) groups is 2. The molecule has 4 heteroatoms. The van der Waals surface area contributed by atoms with Crippen LogP contribution >= 0.6 is 0 Å². The second-order valence-corrected chi connectivity index (χ2v) is 6.69. The fourth-order valence-electron chi connectivity index (χ4n) is 1.97. The number of carboxylic acids is 1. The Hall–Kier alpha value is -1.06. The van der Waals surface area contributed by atoms with E-state index in [0.717, 1.165) is 6.42 Å². The Morgan fingerprint density at radius 3 is 2.00 bits per heavy atom. The molecule has 0 aliphatic heterocycles. The van der Waals surface area contributed by atoms with Crippen LogP contribution in [0, 0.1) is 16.7 Å². The van der Waals surface area contributed by atoms with Gasteiger partial charge in [-0.05, 0) is 32.6 Å². The molecule has 0 aliphatic rings. The minimum atomic E-state index is -0.890. The molecule has 2 N–H and O–H groups in total. The summed E-state index contributed by atoms with van der Waals surface area (Å²) in [5.41, 5.74) is -1.56. The van der Waals surface area contributed by atoms with Crippen molar-refractivity contribution in [2.24, 2.45) is 16.7 Å². The third kappa shape index (κ3) is 5.52. The summed E-state index contributed by atoms with van der Waals surface area (Å²) in [6.45, 7) is 11.7. The minimum Gasteiger partial charge on any atom is -0.481 e. The highest BCUT2D eigenvalue weighted by Gasteiger charge is 2.38. The molecule has 0 saturated heterocycles. The van der Waals surface area contributed by atoms with Crippen LogP contribution in [0.15, 0.2) is 0 Å². The molecular weight excluding hydrogens is 230 g/mol. The number of carboxylic acid groups (broad SMARTS) is 1. The second kappa shape index (κ2) is 6.21. The van der Waals surface area contributed by atoms with Gasteiger partial charge in [0.25, 0.3) is 0 Å². The predicted molar refractivity (Wildman–Crippen MR) is 72.3 cm³/mol. The SMILES string of the molecule is CC(C)CCNC(=O)C(C)(C)CC(C)(C)C(=O)O. The summed E-state index contributed by atoms with van der Waals surface area (Å²) in [5, 5.41) is 12.0. The van der Waals surface area contributed by atoms with Crippen LogP contribution < -0.4 is 5.32 Å². The van der Waals surface area contributed by atoms with Crippen LogP contribution in [-0.4, -0.2) is 23.5 Å². The average molecular weight is 257 g/mol. The number of aliphatic carboxylic acids is 1. The molecule has 0 aromatic heterocycles. The Labute approximate surface area is 110 Å². The molecule has 0 atom stereocenters. The molecule has 0 radical (unpaired) electrons. The zero-order valence-corrected chi connectivity index (χ0v) is 12.5. The highest BCUT2D eigenvalue weighted by molar-refractivity contribution is 5.83. The van der Waals surface area contributed by atoms with Crippen LogP contribution in [-0.2, 0) is 9.59 Å². The Morgan fingerprint density at radius 2 is 1.61 bits per heavy atom. The van der Waals surface area contributed by atoms with Gasteiger partial charge in [0.05, 0.1) is 5.41 Å². The van der Waals surface area contributed by atoms with Gasteiger partial charge in [-0.15, -0.1) is 0 Å². The number of carbonyl (C=O) groups excluding carboxylic acids is 1. The Morgan fingerprint density at radius 1 is 1.11 bits per heavy atom. The van der Waals surface area contributed by atoms with Crippen LogP contribution in [0.5, 0.6) is 0 Å². The van der Waals surface area contributed by atoms with E-state index in [1.165, 1.54) is 0 Å². The quantitative estimate of drug-likeness (QED) is 0.737. The molecule has 18 heavy (non-hydrogen) atoms. The summed E-state index contributed by atoms with van der Waals surface area (Å²) < 4.78 is 0. The minimum absolute atomic E-state index is 0.0718. The molecule has 0 bridgehead atoms. The monoisotopic (exact) mass is 257 g/mol. The molecule has 4 nitrogen and oxygen atoms in total. The van der Waals surface area contributed by atoms with Gasteiger partial charge in [0.15, 0.2) is 0 Å². The Bertz CT molecular complexity index is 306. The van der Waals surface area contributed by atoms with E-state index in [1.54, 1.807) is 27.7 Å². The third-order valence-corrected chi connectivity index (χ3v) is 3.08. The summed E-state index contributed by atoms with van der Waals surface area (Å²) >= 11 is 0. The lowest BCUT2D eigenvalue weighted by atomic mass is 9.74. The smallest absolute Gasteiger partial charge is 0.309 e. The first-order valence-electron chi connectivity index (χ1n) is 6.51. The number of hydrogen-bond donors (Lipinski definition) is 2. The first kappa shape index (κ1) is 16.9. The third-order valence-electron chi connectivity index (χ3n) is 3.08. The van der Waals surface area contributed by atoms with Crippen molar-refractivity contribution in [3.63, 3.8) is 0 Å². The standard InChI is InChI=1S/C14H27NO3/c1-10(2)7-8-15-11(16)13(3,4)9-14(5,6)12(17)18/h10H,7-9H2,1-6H3,(H,15,16)(H,17,18). The van der Waals surface area contributed by atoms with Crippen LogP contribution in [0.25, 0.3) is 0 Å². The molecule has 106 valence electrons. The molecule has 0 rings (SSSR count). The highest BCUT2D eigenvalue weighted by atomic mass is 16.4. The van der Waals surface area contributed by atoms with Crippen LogP contribution in [0.4, 0.5) is 0 Å². The van der Waals surface area contributed by atoms with Crippen molar-refractivity contribution in [2.45, 2.75) is 54.4 Å². The van der Waals surface area contributed by atoms with Crippen molar-refractivity contribution in [2.75, 3.05) is 6.54 Å². The summed E-state index contributed by atoms with van der Waals surface area (Å²) in [4.78, 5) is 23.1. The van der Waals surface area contributed by atoms with Gasteiger partial charge in [0, 0.05) is 12.0 Å². The fraction of sp³-hybridized carbons (Fsp3) is 0.857. The molecule has 1 amide bonds. The number of amides is 1. The zero-order valence-electron chi connectivity index (χ0n) is 12.5. The lowest BCUT2D eigenvalue weighted by Gasteiger charge is -2.31. The van der Waals surface area contributed by atoms with E-state index >= 15 is 0 Å². The molecule has 0 fully saturated rings. The van der Waals surface area contributed by atoms with Gasteiger partial charge in [0.1, 0.15) is 0 Å². The molecule has 0 aromatic rings. The van der Waals surface area contributed by atoms with Crippen molar-refractivity contribution in [1.82, 2.24) is 5.32 Å². The molecule has 0 spiro atoms. The first-order chi connectivity index (χ1) is 7.99. The van der Waals surface area contributed by atoms with Crippen molar-refractivity contribution < 1.29 is 14.7 Å². The normalized spacial score (nSPS) is 12.6. The van der Waals surface area contributed by atoms with E-state index in [1.807, 2.05) is 0 Å². The maximum absolute atomic E-state index is 12.0. The summed E-state index contributed by atoms with van der Waals surface area (Å²) in [5.74, 6) is -0.396. The average Bonchev–Trinajstić information content (AvgIpc) is 2.14. The van der Waals surface area contributed by atoms with Gasteiger partial charge in [0.2, 0.25) is 5.91 Å². The predicted octanol–water partition coefficient (Wildman–Crippen LogP) is 2.68. The van der Waals surface area contributed by atoms with Crippen LogP contribution in [0.3, 0.4) is 0 Å². The topological polar surface area (TPSA) is 66.4 Å². The van der Waals surface area contributed by atoms with Crippen LogP contribution in [0.1, 0.15) is 54.4 Å². The number of hydrogen-bond acceptors (Lipinski definition) is 2. The van der Waals surface area contributed by atoms with E-state index in [4.69, 9.17) is 5.11 Å². The summed E-state index contributed by atoms with van der Waals surface area (Å²) in [6, 6.07) is 0. The van der Waals surface area contributed by atoms with Crippen molar-refractivity contribution >= 4 is 11.9 Å². The second-order valence-electron chi connectivity index (χ2n) is 6.69. The van der Waals surface area contributed by atoms with Crippen LogP contribution in [0.2, 0.25) is 0 Å². The van der Waals surface area contributed by atoms with Gasteiger partial charge >= 0.3 is 5.97 Å². The maximum atomic E-state index is 12.0. The van der Waals surface area contributed by atoms with Crippen molar-refractivity contribution in [1.29, 1.82) is 0 Å². The molecular formula is C14H27NO3. The molecule has 0 saturated carbocycles. The van der Waals surface area contributed by atoms with Gasteiger partial charge in [-0.3, -0.25) is 9.59 Å². The number of nitrogens with one attached hydrogen (secondary N) is 1. The highest BCUT2D eigenvalue weighted by Crippen LogP contribution is 2.34. The van der Waals surface area contributed by atoms with Gasteiger partial charge in [-0.1, -0.05) is 27.7 Å². The fourth-order valence-corrected chi connectivity index (χ4v) is 1.97. The van der Waals surface area contributed by atoms with Gasteiger partial charge in [-0.2, -0.15) is 0 Å². The Balaban J connectivity index is 4.44. The van der Waals surface area contributed by atoms with E-state index in [0.29, 0.717) is 18.9 Å². The van der Waals surface area contributed by atoms with E-state index in [9.17, 15) is 9.59 Å². The van der Waals surface area contributed by atoms with Gasteiger partial charge < -0.3 is 10.4 Å². The lowest BCUT2D eigenvalue weighted by Crippen LogP contribution is -2.42. The van der Waals surface area contributed by atoms with E-state index < -0.39 is 16.8 Å². The molecule has 0 aromatic carbocycles. The lowest BCUT2D eigenvalue weighted by molar-refractivity contribution is -0.149. The van der Waals surface area contributed by atoms with E-state index in [2.05, 4.69) is 19.2 Å². The first-order valence-corrected chi connectivity index (χ1v) is 6.51. The summed E-state index contributed by atoms with van der Waals surface area (Å²) in [6.07, 6.45) is 1.26. The number of rotatable bonds is 7. The summed E-state index contributed by atoms with van der Waals surface area (Å²) in [7, 11) is 0. The molecule has 0 unspecified atom stereocenters. The molecule has 0 aliphatic carbocycles. The maximum Gasteiger partial charge on any atom is 0.309 e.